The first kappa shape index (κ1) is 13.1. The molecule has 0 aliphatic carbocycles. The molecule has 0 atom stereocenters. The van der Waals surface area contributed by atoms with Crippen LogP contribution in [-0.4, -0.2) is 19.0 Å². The fourth-order valence-electron chi connectivity index (χ4n) is 1.47. The topological polar surface area (TPSA) is 77.9 Å². The van der Waals surface area contributed by atoms with E-state index in [-0.39, 0.29) is 5.91 Å². The lowest BCUT2D eigenvalue weighted by Crippen LogP contribution is -2.26. The summed E-state index contributed by atoms with van der Waals surface area (Å²) in [5, 5.41) is 6.19. The highest BCUT2D eigenvalue weighted by atomic mass is 16.1. The van der Waals surface area contributed by atoms with E-state index in [0.29, 0.717) is 25.9 Å². The van der Waals surface area contributed by atoms with E-state index in [1.54, 1.807) is 0 Å². The van der Waals surface area contributed by atoms with Crippen molar-refractivity contribution in [2.75, 3.05) is 13.1 Å². The number of carbonyl (C=O) groups is 1. The van der Waals surface area contributed by atoms with Crippen LogP contribution < -0.4 is 5.32 Å². The van der Waals surface area contributed by atoms with Crippen LogP contribution in [0.3, 0.4) is 0 Å². The highest BCUT2D eigenvalue weighted by Gasteiger charge is 2.04. The van der Waals surface area contributed by atoms with E-state index in [1.807, 2.05) is 31.2 Å². The molecule has 0 saturated carbocycles. The van der Waals surface area contributed by atoms with E-state index >= 15 is 0 Å². The molecule has 5 nitrogen and oxygen atoms in total. The van der Waals surface area contributed by atoms with Crippen molar-refractivity contribution in [3.63, 3.8) is 0 Å². The second-order valence-corrected chi connectivity index (χ2v) is 3.76. The third-order valence-corrected chi connectivity index (χ3v) is 2.43. The summed E-state index contributed by atoms with van der Waals surface area (Å²) in [7, 11) is 0. The SMILES string of the molecule is Cc1ccccc1CC(=O)NCCCN=[N+]=[N-]. The van der Waals surface area contributed by atoms with Crippen molar-refractivity contribution >= 4 is 5.91 Å². The molecule has 0 spiro atoms. The number of amides is 1. The average Bonchev–Trinajstić information content (AvgIpc) is 2.32. The van der Waals surface area contributed by atoms with Gasteiger partial charge in [0.1, 0.15) is 0 Å². The summed E-state index contributed by atoms with van der Waals surface area (Å²) >= 11 is 0. The molecule has 0 aromatic heterocycles. The molecular weight excluding hydrogens is 216 g/mol. The van der Waals surface area contributed by atoms with Gasteiger partial charge in [-0.2, -0.15) is 0 Å². The summed E-state index contributed by atoms with van der Waals surface area (Å²) in [6, 6.07) is 7.83. The monoisotopic (exact) mass is 232 g/mol. The largest absolute Gasteiger partial charge is 0.356 e. The summed E-state index contributed by atoms with van der Waals surface area (Å²) in [4.78, 5) is 14.2. The smallest absolute Gasteiger partial charge is 0.224 e. The summed E-state index contributed by atoms with van der Waals surface area (Å²) in [6.45, 7) is 2.95. The molecule has 90 valence electrons. The highest BCUT2D eigenvalue weighted by molar-refractivity contribution is 5.78. The van der Waals surface area contributed by atoms with Gasteiger partial charge in [-0.15, -0.1) is 0 Å². The molecule has 1 amide bonds. The Labute approximate surface area is 100 Å². The summed E-state index contributed by atoms with van der Waals surface area (Å²) < 4.78 is 0. The first-order valence-corrected chi connectivity index (χ1v) is 5.56. The van der Waals surface area contributed by atoms with Crippen molar-refractivity contribution in [2.24, 2.45) is 5.11 Å². The Kier molecular flexibility index (Phi) is 5.61. The van der Waals surface area contributed by atoms with Gasteiger partial charge in [0.2, 0.25) is 5.91 Å². The number of aryl methyl sites for hydroxylation is 1. The molecule has 0 fully saturated rings. The first-order valence-electron chi connectivity index (χ1n) is 5.56. The number of hydrogen-bond donors (Lipinski definition) is 1. The summed E-state index contributed by atoms with van der Waals surface area (Å²) in [5.41, 5.74) is 10.2. The second-order valence-electron chi connectivity index (χ2n) is 3.76. The van der Waals surface area contributed by atoms with E-state index in [4.69, 9.17) is 5.53 Å². The van der Waals surface area contributed by atoms with Crippen molar-refractivity contribution in [1.29, 1.82) is 0 Å². The summed E-state index contributed by atoms with van der Waals surface area (Å²) in [5.74, 6) is 0.000220. The lowest BCUT2D eigenvalue weighted by atomic mass is 10.1. The number of rotatable bonds is 6. The predicted molar refractivity (Wildman–Crippen MR) is 66.5 cm³/mol. The zero-order valence-corrected chi connectivity index (χ0v) is 9.89. The maximum atomic E-state index is 11.6. The van der Waals surface area contributed by atoms with Gasteiger partial charge in [-0.1, -0.05) is 29.4 Å². The Balaban J connectivity index is 2.30. The minimum atomic E-state index is 0.000220. The van der Waals surface area contributed by atoms with Gasteiger partial charge in [-0.25, -0.2) is 0 Å². The lowest BCUT2D eigenvalue weighted by molar-refractivity contribution is -0.120. The zero-order valence-electron chi connectivity index (χ0n) is 9.89. The van der Waals surface area contributed by atoms with Crippen LogP contribution in [0.4, 0.5) is 0 Å². The Morgan fingerprint density at radius 3 is 2.94 bits per heavy atom. The fourth-order valence-corrected chi connectivity index (χ4v) is 1.47. The number of benzene rings is 1. The lowest BCUT2D eigenvalue weighted by Gasteiger charge is -2.06. The molecule has 1 aromatic carbocycles. The van der Waals surface area contributed by atoms with E-state index < -0.39 is 0 Å². The standard InChI is InChI=1S/C12H16N4O/c1-10-5-2-3-6-11(10)9-12(17)14-7-4-8-15-16-13/h2-3,5-6H,4,7-9H2,1H3,(H,14,17). The summed E-state index contributed by atoms with van der Waals surface area (Å²) in [6.07, 6.45) is 1.07. The Morgan fingerprint density at radius 2 is 2.24 bits per heavy atom. The van der Waals surface area contributed by atoms with Crippen molar-refractivity contribution < 1.29 is 4.79 Å². The normalized spacial score (nSPS) is 9.47. The Hall–Kier alpha value is -2.00. The average molecular weight is 232 g/mol. The van der Waals surface area contributed by atoms with Gasteiger partial charge in [0.05, 0.1) is 6.42 Å². The minimum absolute atomic E-state index is 0.000220. The van der Waals surface area contributed by atoms with Crippen LogP contribution in [-0.2, 0) is 11.2 Å². The maximum absolute atomic E-state index is 11.6. The minimum Gasteiger partial charge on any atom is -0.356 e. The Bertz CT molecular complexity index is 424. The molecule has 0 heterocycles. The molecule has 17 heavy (non-hydrogen) atoms. The molecule has 0 saturated heterocycles. The van der Waals surface area contributed by atoms with Gasteiger partial charge < -0.3 is 5.32 Å². The van der Waals surface area contributed by atoms with Crippen molar-refractivity contribution in [1.82, 2.24) is 5.32 Å². The van der Waals surface area contributed by atoms with Gasteiger partial charge in [0.25, 0.3) is 0 Å². The van der Waals surface area contributed by atoms with Gasteiger partial charge in [-0.3, -0.25) is 4.79 Å². The van der Waals surface area contributed by atoms with E-state index in [9.17, 15) is 4.79 Å². The third-order valence-electron chi connectivity index (χ3n) is 2.43. The predicted octanol–water partition coefficient (Wildman–Crippen LogP) is 2.35. The fraction of sp³-hybridized carbons (Fsp3) is 0.417. The number of nitrogens with zero attached hydrogens (tertiary/aromatic N) is 3. The zero-order chi connectivity index (χ0) is 12.5. The number of nitrogens with one attached hydrogen (secondary N) is 1. The van der Waals surface area contributed by atoms with Crippen LogP contribution >= 0.6 is 0 Å². The quantitative estimate of drug-likeness (QED) is 0.347. The van der Waals surface area contributed by atoms with E-state index in [2.05, 4.69) is 15.3 Å². The molecule has 0 aliphatic heterocycles. The molecule has 1 N–H and O–H groups in total. The molecule has 5 heteroatoms. The number of carbonyl (C=O) groups excluding carboxylic acids is 1. The van der Waals surface area contributed by atoms with Gasteiger partial charge in [-0.05, 0) is 30.0 Å². The molecule has 0 aliphatic rings. The van der Waals surface area contributed by atoms with Crippen molar-refractivity contribution in [3.8, 4) is 0 Å². The molecule has 0 unspecified atom stereocenters. The van der Waals surface area contributed by atoms with Gasteiger partial charge in [0.15, 0.2) is 0 Å². The van der Waals surface area contributed by atoms with Crippen LogP contribution in [0, 0.1) is 6.92 Å². The third kappa shape index (κ3) is 5.04. The molecule has 1 aromatic rings. The maximum Gasteiger partial charge on any atom is 0.224 e. The van der Waals surface area contributed by atoms with Crippen LogP contribution in [0.25, 0.3) is 10.4 Å². The van der Waals surface area contributed by atoms with Crippen molar-refractivity contribution in [3.05, 3.63) is 45.8 Å². The first-order chi connectivity index (χ1) is 8.24. The molecule has 0 bridgehead atoms. The molecule has 0 radical (unpaired) electrons. The van der Waals surface area contributed by atoms with Crippen LogP contribution in [0.15, 0.2) is 29.4 Å². The number of azide groups is 1. The highest BCUT2D eigenvalue weighted by Crippen LogP contribution is 2.07. The van der Waals surface area contributed by atoms with Crippen LogP contribution in [0.5, 0.6) is 0 Å². The van der Waals surface area contributed by atoms with E-state index in [0.717, 1.165) is 11.1 Å². The van der Waals surface area contributed by atoms with Gasteiger partial charge in [0, 0.05) is 18.0 Å². The van der Waals surface area contributed by atoms with E-state index in [1.165, 1.54) is 0 Å². The van der Waals surface area contributed by atoms with Crippen molar-refractivity contribution in [2.45, 2.75) is 19.8 Å². The van der Waals surface area contributed by atoms with Gasteiger partial charge >= 0.3 is 0 Å². The van der Waals surface area contributed by atoms with Crippen LogP contribution in [0.1, 0.15) is 17.5 Å². The Morgan fingerprint density at radius 1 is 1.47 bits per heavy atom. The molecule has 1 rings (SSSR count). The molecular formula is C12H16N4O. The second kappa shape index (κ2) is 7.30. The number of hydrogen-bond acceptors (Lipinski definition) is 2. The van der Waals surface area contributed by atoms with Crippen LogP contribution in [0.2, 0.25) is 0 Å².